The van der Waals surface area contributed by atoms with Crippen LogP contribution in [0.15, 0.2) is 47.6 Å². The Morgan fingerprint density at radius 2 is 2.03 bits per heavy atom. The Bertz CT molecular complexity index is 801. The number of rotatable bonds is 9. The number of nitrogens with one attached hydrogen (secondary N) is 2. The summed E-state index contributed by atoms with van der Waals surface area (Å²) in [5.41, 5.74) is 2.27. The monoisotopic (exact) mass is 559 g/mol. The summed E-state index contributed by atoms with van der Waals surface area (Å²) in [6.45, 7) is 6.61. The average molecular weight is 560 g/mol. The van der Waals surface area contributed by atoms with Crippen molar-refractivity contribution in [2.45, 2.75) is 13.0 Å². The Hall–Kier alpha value is -1.62. The van der Waals surface area contributed by atoms with Gasteiger partial charge in [-0.2, -0.15) is 0 Å². The number of aliphatic imine (C=N–C) groups is 1. The van der Waals surface area contributed by atoms with Crippen molar-refractivity contribution in [3.05, 3.63) is 58.9 Å². The summed E-state index contributed by atoms with van der Waals surface area (Å²) in [6.07, 6.45) is 2.64. The Morgan fingerprint density at radius 1 is 1.19 bits per heavy atom. The van der Waals surface area contributed by atoms with Crippen LogP contribution in [-0.4, -0.2) is 68.9 Å². The van der Waals surface area contributed by atoms with E-state index in [4.69, 9.17) is 21.1 Å². The number of guanidine groups is 1. The van der Waals surface area contributed by atoms with Crippen molar-refractivity contribution in [3.8, 4) is 5.75 Å². The number of benzene rings is 1. The van der Waals surface area contributed by atoms with Gasteiger partial charge in [-0.3, -0.25) is 9.89 Å². The number of aromatic nitrogens is 1. The van der Waals surface area contributed by atoms with Crippen LogP contribution < -0.4 is 15.4 Å². The number of halogens is 2. The summed E-state index contributed by atoms with van der Waals surface area (Å²) in [5.74, 6) is 1.65. The quantitative estimate of drug-likeness (QED) is 0.213. The minimum absolute atomic E-state index is 0. The molecule has 0 bridgehead atoms. The third kappa shape index (κ3) is 9.59. The third-order valence-corrected chi connectivity index (χ3v) is 5.08. The van der Waals surface area contributed by atoms with E-state index in [2.05, 4.69) is 37.6 Å². The molecule has 31 heavy (non-hydrogen) atoms. The van der Waals surface area contributed by atoms with Crippen LogP contribution in [0.2, 0.25) is 5.15 Å². The van der Waals surface area contributed by atoms with Gasteiger partial charge in [-0.15, -0.1) is 24.0 Å². The van der Waals surface area contributed by atoms with Gasteiger partial charge in [0.15, 0.2) is 5.96 Å². The van der Waals surface area contributed by atoms with Gasteiger partial charge in [-0.05, 0) is 35.7 Å². The molecule has 2 N–H and O–H groups in total. The Balaban J connectivity index is 0.00000341. The van der Waals surface area contributed by atoms with Crippen LogP contribution in [0.5, 0.6) is 5.75 Å². The van der Waals surface area contributed by atoms with E-state index in [0.29, 0.717) is 18.3 Å². The van der Waals surface area contributed by atoms with Crippen LogP contribution in [0.25, 0.3) is 0 Å². The topological polar surface area (TPSA) is 71.0 Å². The lowest BCUT2D eigenvalue weighted by molar-refractivity contribution is 0.0322. The first-order valence-corrected chi connectivity index (χ1v) is 10.7. The van der Waals surface area contributed by atoms with E-state index in [0.717, 1.165) is 68.6 Å². The number of ether oxygens (including phenoxy) is 2. The molecule has 0 unspecified atom stereocenters. The van der Waals surface area contributed by atoms with E-state index < -0.39 is 0 Å². The molecular weight excluding hydrogens is 529 g/mol. The van der Waals surface area contributed by atoms with Gasteiger partial charge < -0.3 is 20.1 Å². The summed E-state index contributed by atoms with van der Waals surface area (Å²) in [7, 11) is 1.77. The van der Waals surface area contributed by atoms with Crippen molar-refractivity contribution < 1.29 is 9.47 Å². The van der Waals surface area contributed by atoms with E-state index >= 15 is 0 Å². The summed E-state index contributed by atoms with van der Waals surface area (Å²) in [4.78, 5) is 10.7. The zero-order chi connectivity index (χ0) is 21.0. The highest BCUT2D eigenvalue weighted by Crippen LogP contribution is 2.13. The first-order chi connectivity index (χ1) is 14.7. The standard InChI is InChI=1S/C22H30ClN5O2.HI/c1-24-22(25-8-7-18-5-6-21(23)26-16-18)27-17-19-3-2-4-20(15-19)30-14-11-28-9-12-29-13-10-28;/h2-6,15-16H,7-14,17H2,1H3,(H2,24,25,27);1H. The van der Waals surface area contributed by atoms with E-state index in [1.807, 2.05) is 18.2 Å². The first kappa shape index (κ1) is 25.6. The largest absolute Gasteiger partial charge is 0.492 e. The molecule has 1 fully saturated rings. The molecule has 0 saturated carbocycles. The highest BCUT2D eigenvalue weighted by atomic mass is 127. The van der Waals surface area contributed by atoms with Gasteiger partial charge in [-0.25, -0.2) is 4.98 Å². The van der Waals surface area contributed by atoms with Crippen LogP contribution in [0.4, 0.5) is 0 Å². The van der Waals surface area contributed by atoms with Crippen molar-refractivity contribution in [1.29, 1.82) is 0 Å². The minimum Gasteiger partial charge on any atom is -0.492 e. The highest BCUT2D eigenvalue weighted by Gasteiger charge is 2.09. The molecule has 2 heterocycles. The first-order valence-electron chi connectivity index (χ1n) is 10.3. The van der Waals surface area contributed by atoms with Crippen molar-refractivity contribution in [2.24, 2.45) is 4.99 Å². The summed E-state index contributed by atoms with van der Waals surface area (Å²) >= 11 is 5.82. The van der Waals surface area contributed by atoms with Crippen molar-refractivity contribution in [2.75, 3.05) is 53.0 Å². The zero-order valence-corrected chi connectivity index (χ0v) is 20.9. The van der Waals surface area contributed by atoms with Gasteiger partial charge in [0.25, 0.3) is 0 Å². The van der Waals surface area contributed by atoms with E-state index in [9.17, 15) is 0 Å². The molecule has 0 aliphatic carbocycles. The number of pyridine rings is 1. The van der Waals surface area contributed by atoms with Crippen LogP contribution in [0, 0.1) is 0 Å². The summed E-state index contributed by atoms with van der Waals surface area (Å²) < 4.78 is 11.3. The molecule has 1 aliphatic heterocycles. The maximum Gasteiger partial charge on any atom is 0.191 e. The zero-order valence-electron chi connectivity index (χ0n) is 17.8. The third-order valence-electron chi connectivity index (χ3n) is 4.86. The molecule has 0 atom stereocenters. The Labute approximate surface area is 206 Å². The fourth-order valence-electron chi connectivity index (χ4n) is 3.15. The predicted molar refractivity (Wildman–Crippen MR) is 136 cm³/mol. The van der Waals surface area contributed by atoms with Crippen LogP contribution in [-0.2, 0) is 17.7 Å². The predicted octanol–water partition coefficient (Wildman–Crippen LogP) is 2.97. The van der Waals surface area contributed by atoms with Crippen molar-refractivity contribution in [1.82, 2.24) is 20.5 Å². The second-order valence-corrected chi connectivity index (χ2v) is 7.43. The van der Waals surface area contributed by atoms with Gasteiger partial charge in [-0.1, -0.05) is 29.8 Å². The molecule has 1 saturated heterocycles. The number of morpholine rings is 1. The summed E-state index contributed by atoms with van der Waals surface area (Å²) in [5, 5.41) is 7.17. The minimum atomic E-state index is 0. The maximum atomic E-state index is 5.93. The molecule has 1 aliphatic rings. The molecule has 7 nitrogen and oxygen atoms in total. The lowest BCUT2D eigenvalue weighted by atomic mass is 10.2. The van der Waals surface area contributed by atoms with Gasteiger partial charge in [0, 0.05) is 46.0 Å². The van der Waals surface area contributed by atoms with Crippen molar-refractivity contribution in [3.63, 3.8) is 0 Å². The average Bonchev–Trinajstić information content (AvgIpc) is 2.78. The molecule has 1 aromatic heterocycles. The van der Waals surface area contributed by atoms with Crippen LogP contribution in [0.3, 0.4) is 0 Å². The van der Waals surface area contributed by atoms with Gasteiger partial charge in [0.2, 0.25) is 0 Å². The van der Waals surface area contributed by atoms with Crippen LogP contribution in [0.1, 0.15) is 11.1 Å². The highest BCUT2D eigenvalue weighted by molar-refractivity contribution is 14.0. The SMILES string of the molecule is CN=C(NCCc1ccc(Cl)nc1)NCc1cccc(OCCN2CCOCC2)c1.I. The summed E-state index contributed by atoms with van der Waals surface area (Å²) in [6, 6.07) is 12.0. The fraction of sp³-hybridized carbons (Fsp3) is 0.455. The molecule has 1 aromatic carbocycles. The van der Waals surface area contributed by atoms with E-state index in [-0.39, 0.29) is 24.0 Å². The Kier molecular flexibility index (Phi) is 11.9. The van der Waals surface area contributed by atoms with Gasteiger partial charge in [0.1, 0.15) is 17.5 Å². The molecule has 0 radical (unpaired) electrons. The smallest absolute Gasteiger partial charge is 0.191 e. The second kappa shape index (κ2) is 14.4. The molecule has 170 valence electrons. The van der Waals surface area contributed by atoms with Gasteiger partial charge >= 0.3 is 0 Å². The molecule has 3 rings (SSSR count). The number of hydrogen-bond acceptors (Lipinski definition) is 5. The van der Waals surface area contributed by atoms with E-state index in [1.54, 1.807) is 19.3 Å². The normalized spacial score (nSPS) is 14.6. The number of hydrogen-bond donors (Lipinski definition) is 2. The number of nitrogens with zero attached hydrogens (tertiary/aromatic N) is 3. The Morgan fingerprint density at radius 3 is 2.77 bits per heavy atom. The molecule has 2 aromatic rings. The maximum absolute atomic E-state index is 5.93. The van der Waals surface area contributed by atoms with Crippen LogP contribution >= 0.6 is 35.6 Å². The molecular formula is C22H31ClIN5O2. The van der Waals surface area contributed by atoms with Crippen molar-refractivity contribution >= 4 is 41.5 Å². The van der Waals surface area contributed by atoms with E-state index in [1.165, 1.54) is 0 Å². The second-order valence-electron chi connectivity index (χ2n) is 7.04. The lowest BCUT2D eigenvalue weighted by Crippen LogP contribution is -2.38. The molecule has 0 amide bonds. The van der Waals surface area contributed by atoms with Gasteiger partial charge in [0.05, 0.1) is 13.2 Å². The fourth-order valence-corrected chi connectivity index (χ4v) is 3.26. The lowest BCUT2D eigenvalue weighted by Gasteiger charge is -2.26. The molecule has 9 heteroatoms. The molecule has 0 spiro atoms.